The smallest absolute Gasteiger partial charge is 0.319 e. The van der Waals surface area contributed by atoms with E-state index in [0.29, 0.717) is 18.0 Å². The van der Waals surface area contributed by atoms with E-state index in [4.69, 9.17) is 0 Å². The summed E-state index contributed by atoms with van der Waals surface area (Å²) >= 11 is 0. The number of urea groups is 1. The van der Waals surface area contributed by atoms with E-state index in [9.17, 15) is 9.59 Å². The van der Waals surface area contributed by atoms with Crippen molar-refractivity contribution in [2.45, 2.75) is 25.3 Å². The van der Waals surface area contributed by atoms with Crippen LogP contribution in [0.2, 0.25) is 0 Å². The third-order valence-corrected chi connectivity index (χ3v) is 7.21. The maximum Gasteiger partial charge on any atom is 0.319 e. The second kappa shape index (κ2) is 10.0. The molecular weight excluding hydrogens is 478 g/mol. The number of rotatable bonds is 5. The number of nitrogens with zero attached hydrogens (tertiary/aromatic N) is 5. The van der Waals surface area contributed by atoms with Crippen LogP contribution in [0.3, 0.4) is 0 Å². The topological polar surface area (TPSA) is 96.6 Å². The Morgan fingerprint density at radius 1 is 1.00 bits per heavy atom. The second-order valence-corrected chi connectivity index (χ2v) is 9.80. The summed E-state index contributed by atoms with van der Waals surface area (Å²) in [5.74, 6) is 0.448. The number of aromatic nitrogens is 4. The van der Waals surface area contributed by atoms with E-state index in [1.807, 2.05) is 77.4 Å². The van der Waals surface area contributed by atoms with Crippen LogP contribution in [0.4, 0.5) is 10.5 Å². The first-order valence-corrected chi connectivity index (χ1v) is 12.8. The molecule has 0 bridgehead atoms. The minimum absolute atomic E-state index is 0.0614. The van der Waals surface area contributed by atoms with Crippen molar-refractivity contribution >= 4 is 34.2 Å². The highest BCUT2D eigenvalue weighted by molar-refractivity contribution is 5.97. The first-order valence-electron chi connectivity index (χ1n) is 12.8. The van der Waals surface area contributed by atoms with Gasteiger partial charge in [-0.05, 0) is 66.3 Å². The average molecular weight is 508 g/mol. The maximum atomic E-state index is 13.1. The SMILES string of the molecule is Cn1cc2ccc(C(=O)N3CCC(c4ccc(NC(=O)NCc5ccn6ccnc6c5)cc4)CC3)cc2n1. The molecule has 1 saturated heterocycles. The number of pyridine rings is 1. The molecule has 9 nitrogen and oxygen atoms in total. The summed E-state index contributed by atoms with van der Waals surface area (Å²) in [7, 11) is 1.88. The summed E-state index contributed by atoms with van der Waals surface area (Å²) < 4.78 is 3.69. The van der Waals surface area contributed by atoms with Crippen LogP contribution in [-0.2, 0) is 13.6 Å². The van der Waals surface area contributed by atoms with Gasteiger partial charge in [0.15, 0.2) is 0 Å². The van der Waals surface area contributed by atoms with Crippen molar-refractivity contribution < 1.29 is 9.59 Å². The zero-order chi connectivity index (χ0) is 26.1. The van der Waals surface area contributed by atoms with Crippen molar-refractivity contribution in [3.05, 3.63) is 96.1 Å². The van der Waals surface area contributed by atoms with Gasteiger partial charge in [-0.2, -0.15) is 5.10 Å². The molecule has 5 aromatic rings. The highest BCUT2D eigenvalue weighted by Gasteiger charge is 2.25. The zero-order valence-corrected chi connectivity index (χ0v) is 21.2. The molecule has 38 heavy (non-hydrogen) atoms. The molecule has 0 atom stereocenters. The van der Waals surface area contributed by atoms with Crippen molar-refractivity contribution in [2.75, 3.05) is 18.4 Å². The van der Waals surface area contributed by atoms with Crippen molar-refractivity contribution in [1.29, 1.82) is 0 Å². The Kier molecular flexibility index (Phi) is 6.25. The molecule has 0 saturated carbocycles. The lowest BCUT2D eigenvalue weighted by molar-refractivity contribution is 0.0713. The number of hydrogen-bond donors (Lipinski definition) is 2. The van der Waals surface area contributed by atoms with Crippen LogP contribution in [-0.4, -0.2) is 49.1 Å². The minimum atomic E-state index is -0.253. The van der Waals surface area contributed by atoms with Gasteiger partial charge in [0.05, 0.1) is 5.52 Å². The minimum Gasteiger partial charge on any atom is -0.339 e. The van der Waals surface area contributed by atoms with E-state index in [2.05, 4.69) is 32.8 Å². The Hall–Kier alpha value is -4.66. The molecule has 6 rings (SSSR count). The highest BCUT2D eigenvalue weighted by atomic mass is 16.2. The molecule has 1 aliphatic rings. The van der Waals surface area contributed by atoms with Crippen molar-refractivity contribution in [3.8, 4) is 0 Å². The molecule has 3 aromatic heterocycles. The fraction of sp³-hybridized carbons (Fsp3) is 0.241. The van der Waals surface area contributed by atoms with Crippen LogP contribution in [0.1, 0.15) is 40.2 Å². The summed E-state index contributed by atoms with van der Waals surface area (Å²) in [6.07, 6.45) is 9.33. The number of anilines is 1. The van der Waals surface area contributed by atoms with Gasteiger partial charge in [0, 0.05) is 68.1 Å². The van der Waals surface area contributed by atoms with Crippen LogP contribution in [0.15, 0.2) is 79.4 Å². The van der Waals surface area contributed by atoms with E-state index in [1.165, 1.54) is 5.56 Å². The summed E-state index contributed by atoms with van der Waals surface area (Å²) in [6.45, 7) is 1.85. The van der Waals surface area contributed by atoms with Crippen LogP contribution < -0.4 is 10.6 Å². The third-order valence-electron chi connectivity index (χ3n) is 7.21. The monoisotopic (exact) mass is 507 g/mol. The van der Waals surface area contributed by atoms with E-state index >= 15 is 0 Å². The number of benzene rings is 2. The molecule has 9 heteroatoms. The normalized spacial score (nSPS) is 14.2. The number of carbonyl (C=O) groups excluding carboxylic acids is 2. The quantitative estimate of drug-likeness (QED) is 0.364. The van der Waals surface area contributed by atoms with Crippen molar-refractivity contribution in [1.82, 2.24) is 29.4 Å². The Labute approximate surface area is 220 Å². The second-order valence-electron chi connectivity index (χ2n) is 9.80. The molecule has 1 aliphatic heterocycles. The molecule has 2 N–H and O–H groups in total. The average Bonchev–Trinajstić information content (AvgIpc) is 3.56. The number of hydrogen-bond acceptors (Lipinski definition) is 4. The zero-order valence-electron chi connectivity index (χ0n) is 21.2. The van der Waals surface area contributed by atoms with Gasteiger partial charge in [0.1, 0.15) is 5.65 Å². The number of aryl methyl sites for hydroxylation is 1. The lowest BCUT2D eigenvalue weighted by Gasteiger charge is -2.32. The summed E-state index contributed by atoms with van der Waals surface area (Å²) in [4.78, 5) is 31.7. The van der Waals surface area contributed by atoms with Crippen LogP contribution in [0, 0.1) is 0 Å². The number of likely N-dealkylation sites (tertiary alicyclic amines) is 1. The van der Waals surface area contributed by atoms with Crippen LogP contribution in [0.25, 0.3) is 16.6 Å². The van der Waals surface area contributed by atoms with Crippen molar-refractivity contribution in [3.63, 3.8) is 0 Å². The van der Waals surface area contributed by atoms with Crippen LogP contribution in [0.5, 0.6) is 0 Å². The van der Waals surface area contributed by atoms with E-state index in [-0.39, 0.29) is 11.9 Å². The molecule has 2 aromatic carbocycles. The number of imidazole rings is 1. The van der Waals surface area contributed by atoms with Gasteiger partial charge in [0.2, 0.25) is 0 Å². The van der Waals surface area contributed by atoms with Gasteiger partial charge < -0.3 is 19.9 Å². The summed E-state index contributed by atoms with van der Waals surface area (Å²) in [5.41, 5.74) is 5.33. The number of piperidine rings is 1. The molecule has 4 heterocycles. The van der Waals surface area contributed by atoms with Crippen molar-refractivity contribution in [2.24, 2.45) is 7.05 Å². The molecular formula is C29H29N7O2. The molecule has 1 fully saturated rings. The van der Waals surface area contributed by atoms with Gasteiger partial charge >= 0.3 is 6.03 Å². The third kappa shape index (κ3) is 4.95. The Balaban J connectivity index is 1.000. The largest absolute Gasteiger partial charge is 0.339 e. The Morgan fingerprint density at radius 2 is 1.82 bits per heavy atom. The van der Waals surface area contributed by atoms with Gasteiger partial charge in [0.25, 0.3) is 5.91 Å². The van der Waals surface area contributed by atoms with Crippen LogP contribution >= 0.6 is 0 Å². The molecule has 0 spiro atoms. The standard InChI is InChI=1S/C29H29N7O2/c1-34-19-24-3-2-23(17-26(24)33-34)28(37)36-13-9-22(10-14-36)21-4-6-25(7-5-21)32-29(38)31-18-20-8-12-35-15-11-30-27(35)16-20/h2-8,11-12,15-17,19,22H,9-10,13-14,18H2,1H3,(H2,31,32,38). The number of fused-ring (bicyclic) bond motifs is 2. The van der Waals surface area contributed by atoms with E-state index < -0.39 is 0 Å². The molecule has 0 radical (unpaired) electrons. The number of carbonyl (C=O) groups is 2. The van der Waals surface area contributed by atoms with Gasteiger partial charge in [-0.3, -0.25) is 9.48 Å². The summed E-state index contributed by atoms with van der Waals surface area (Å²) in [6, 6.07) is 17.4. The predicted octanol–water partition coefficient (Wildman–Crippen LogP) is 4.56. The number of amides is 3. The molecule has 0 aliphatic carbocycles. The molecule has 192 valence electrons. The lowest BCUT2D eigenvalue weighted by atomic mass is 9.89. The molecule has 3 amide bonds. The van der Waals surface area contributed by atoms with Gasteiger partial charge in [-0.15, -0.1) is 0 Å². The fourth-order valence-electron chi connectivity index (χ4n) is 5.13. The highest BCUT2D eigenvalue weighted by Crippen LogP contribution is 2.30. The summed E-state index contributed by atoms with van der Waals surface area (Å²) in [5, 5.41) is 11.2. The Bertz CT molecular complexity index is 1610. The number of nitrogens with one attached hydrogen (secondary N) is 2. The fourth-order valence-corrected chi connectivity index (χ4v) is 5.13. The first kappa shape index (κ1) is 23.7. The predicted molar refractivity (Wildman–Crippen MR) is 146 cm³/mol. The lowest BCUT2D eigenvalue weighted by Crippen LogP contribution is -2.37. The Morgan fingerprint density at radius 3 is 2.63 bits per heavy atom. The van der Waals surface area contributed by atoms with Gasteiger partial charge in [-0.25, -0.2) is 9.78 Å². The van der Waals surface area contributed by atoms with E-state index in [0.717, 1.165) is 53.7 Å². The van der Waals surface area contributed by atoms with Gasteiger partial charge in [-0.1, -0.05) is 18.2 Å². The maximum absolute atomic E-state index is 13.1. The van der Waals surface area contributed by atoms with E-state index in [1.54, 1.807) is 10.9 Å². The first-order chi connectivity index (χ1) is 18.5. The molecule has 0 unspecified atom stereocenters.